The zero-order valence-corrected chi connectivity index (χ0v) is 21.6. The van der Waals surface area contributed by atoms with E-state index in [1.54, 1.807) is 11.6 Å². The van der Waals surface area contributed by atoms with Crippen molar-refractivity contribution in [2.24, 2.45) is 23.4 Å². The number of ether oxygens (including phenoxy) is 1. The highest BCUT2D eigenvalue weighted by molar-refractivity contribution is 6.30. The van der Waals surface area contributed by atoms with Crippen LogP contribution in [0.25, 0.3) is 0 Å². The maximum absolute atomic E-state index is 14.0. The summed E-state index contributed by atoms with van der Waals surface area (Å²) in [6.45, 7) is 5.73. The van der Waals surface area contributed by atoms with Gasteiger partial charge in [-0.3, -0.25) is 9.59 Å². The number of hydrogen-bond acceptors (Lipinski definition) is 5. The third kappa shape index (κ3) is 4.79. The fraction of sp³-hybridized carbons (Fsp3) is 0.500. The molecule has 1 atom stereocenters. The number of aromatic nitrogens is 1. The number of nitriles is 1. The van der Waals surface area contributed by atoms with Crippen molar-refractivity contribution in [2.45, 2.75) is 71.8 Å². The van der Waals surface area contributed by atoms with Gasteiger partial charge in [0, 0.05) is 24.2 Å². The van der Waals surface area contributed by atoms with Crippen molar-refractivity contribution in [3.63, 3.8) is 0 Å². The Morgan fingerprint density at radius 3 is 2.66 bits per heavy atom. The first-order valence-electron chi connectivity index (χ1n) is 12.4. The summed E-state index contributed by atoms with van der Waals surface area (Å²) in [5.74, 6) is 0.0479. The van der Waals surface area contributed by atoms with Gasteiger partial charge in [-0.2, -0.15) is 5.26 Å². The minimum Gasteiger partial charge on any atom is -0.488 e. The Balaban J connectivity index is 1.79. The molecule has 0 bridgehead atoms. The quantitative estimate of drug-likeness (QED) is 0.385. The Bertz CT molecular complexity index is 1230. The molecule has 1 aromatic carbocycles. The summed E-state index contributed by atoms with van der Waals surface area (Å²) in [7, 11) is 1.76. The normalized spacial score (nSPS) is 18.8. The topological polar surface area (TPSA) is 84.4 Å². The number of hydrogen-bond donors (Lipinski definition) is 0. The van der Waals surface area contributed by atoms with Gasteiger partial charge in [-0.25, -0.2) is 4.99 Å². The Labute approximate surface area is 211 Å². The van der Waals surface area contributed by atoms with Crippen LogP contribution in [-0.4, -0.2) is 27.9 Å². The predicted molar refractivity (Wildman–Crippen MR) is 137 cm³/mol. The second-order valence-electron chi connectivity index (χ2n) is 10.0. The second-order valence-corrected chi connectivity index (χ2v) is 10.4. The summed E-state index contributed by atoms with van der Waals surface area (Å²) in [5, 5.41) is 10.5. The van der Waals surface area contributed by atoms with Gasteiger partial charge in [0.15, 0.2) is 17.3 Å². The Hall–Kier alpha value is -2.91. The van der Waals surface area contributed by atoms with E-state index in [1.807, 2.05) is 45.0 Å². The number of halogens is 1. The minimum atomic E-state index is -0.645. The number of aliphatic imine (C=N–C) groups is 1. The van der Waals surface area contributed by atoms with Gasteiger partial charge in [0.05, 0.1) is 23.5 Å². The number of carbonyl (C=O) groups is 2. The van der Waals surface area contributed by atoms with E-state index in [1.165, 1.54) is 0 Å². The van der Waals surface area contributed by atoms with E-state index in [2.05, 4.69) is 6.07 Å². The molecule has 1 aliphatic carbocycles. The molecule has 2 heterocycles. The lowest BCUT2D eigenvalue weighted by Crippen LogP contribution is -2.29. The van der Waals surface area contributed by atoms with Crippen molar-refractivity contribution in [1.29, 1.82) is 5.26 Å². The zero-order chi connectivity index (χ0) is 25.3. The first-order valence-corrected chi connectivity index (χ1v) is 12.8. The molecule has 0 N–H and O–H groups in total. The highest BCUT2D eigenvalue weighted by Gasteiger charge is 2.42. The van der Waals surface area contributed by atoms with Crippen LogP contribution in [-0.2, 0) is 13.5 Å². The molecule has 0 radical (unpaired) electrons. The summed E-state index contributed by atoms with van der Waals surface area (Å²) in [6, 6.07) is 9.91. The monoisotopic (exact) mass is 493 g/mol. The average molecular weight is 494 g/mol. The first kappa shape index (κ1) is 25.2. The van der Waals surface area contributed by atoms with Crippen molar-refractivity contribution in [3.8, 4) is 11.8 Å². The van der Waals surface area contributed by atoms with Crippen LogP contribution in [0.3, 0.4) is 0 Å². The molecule has 184 valence electrons. The molecule has 7 heteroatoms. The van der Waals surface area contributed by atoms with Crippen LogP contribution in [0.2, 0.25) is 5.02 Å². The van der Waals surface area contributed by atoms with E-state index in [0.29, 0.717) is 40.7 Å². The highest BCUT2D eigenvalue weighted by Crippen LogP contribution is 2.46. The van der Waals surface area contributed by atoms with Gasteiger partial charge in [-0.15, -0.1) is 0 Å². The number of rotatable bonds is 8. The minimum absolute atomic E-state index is 0.0898. The SMILES string of the molecule is CCC1=Nc2c(c(OC(C)C)c(C(=O)CC3(C#N)CCCC3)n2C)C(=O)C1Cc1cccc(Cl)c1. The van der Waals surface area contributed by atoms with E-state index in [4.69, 9.17) is 21.3 Å². The number of ketones is 2. The molecule has 1 aromatic heterocycles. The number of benzene rings is 1. The number of fused-ring (bicyclic) bond motifs is 1. The molecule has 0 saturated heterocycles. The zero-order valence-electron chi connectivity index (χ0n) is 20.9. The van der Waals surface area contributed by atoms with Crippen LogP contribution >= 0.6 is 11.6 Å². The van der Waals surface area contributed by atoms with Crippen LogP contribution in [0.4, 0.5) is 5.82 Å². The van der Waals surface area contributed by atoms with Crippen molar-refractivity contribution in [3.05, 3.63) is 46.1 Å². The summed E-state index contributed by atoms with van der Waals surface area (Å²) < 4.78 is 7.83. The predicted octanol–water partition coefficient (Wildman–Crippen LogP) is 6.66. The summed E-state index contributed by atoms with van der Waals surface area (Å²) in [6.07, 6.45) is 4.32. The lowest BCUT2D eigenvalue weighted by Gasteiger charge is -2.23. The van der Waals surface area contributed by atoms with Gasteiger partial charge in [0.1, 0.15) is 17.1 Å². The average Bonchev–Trinajstić information content (AvgIpc) is 3.38. The maximum atomic E-state index is 14.0. The molecule has 1 unspecified atom stereocenters. The third-order valence-electron chi connectivity index (χ3n) is 7.14. The first-order chi connectivity index (χ1) is 16.7. The number of Topliss-reactive ketones (excluding diaryl/α,β-unsaturated/α-hetero) is 2. The fourth-order valence-corrected chi connectivity index (χ4v) is 5.62. The summed E-state index contributed by atoms with van der Waals surface area (Å²) in [4.78, 5) is 32.5. The van der Waals surface area contributed by atoms with Crippen molar-refractivity contribution < 1.29 is 14.3 Å². The van der Waals surface area contributed by atoms with E-state index in [9.17, 15) is 14.9 Å². The van der Waals surface area contributed by atoms with Crippen LogP contribution < -0.4 is 4.74 Å². The van der Waals surface area contributed by atoms with Crippen molar-refractivity contribution in [1.82, 2.24) is 4.57 Å². The van der Waals surface area contributed by atoms with E-state index < -0.39 is 11.3 Å². The second kappa shape index (κ2) is 9.99. The number of nitrogens with zero attached hydrogens (tertiary/aromatic N) is 3. The van der Waals surface area contributed by atoms with E-state index >= 15 is 0 Å². The molecule has 35 heavy (non-hydrogen) atoms. The maximum Gasteiger partial charge on any atom is 0.184 e. The van der Waals surface area contributed by atoms with Crippen molar-refractivity contribution in [2.75, 3.05) is 0 Å². The Morgan fingerprint density at radius 1 is 1.34 bits per heavy atom. The van der Waals surface area contributed by atoms with Crippen LogP contribution in [0, 0.1) is 22.7 Å². The summed E-state index contributed by atoms with van der Waals surface area (Å²) >= 11 is 6.19. The van der Waals surface area contributed by atoms with Gasteiger partial charge in [-0.05, 0) is 57.2 Å². The molecule has 1 aliphatic heterocycles. The van der Waals surface area contributed by atoms with Crippen LogP contribution in [0.5, 0.6) is 5.75 Å². The Kier molecular flexibility index (Phi) is 7.19. The molecular weight excluding hydrogens is 462 g/mol. The molecule has 6 nitrogen and oxygen atoms in total. The molecule has 0 spiro atoms. The van der Waals surface area contributed by atoms with Gasteiger partial charge in [0.2, 0.25) is 0 Å². The van der Waals surface area contributed by atoms with E-state index in [0.717, 1.165) is 37.0 Å². The molecule has 1 fully saturated rings. The molecule has 4 rings (SSSR count). The lowest BCUT2D eigenvalue weighted by atomic mass is 9.81. The van der Waals surface area contributed by atoms with Gasteiger partial charge < -0.3 is 9.30 Å². The molecular formula is C28H32ClN3O3. The fourth-order valence-electron chi connectivity index (χ4n) is 5.41. The van der Waals surface area contributed by atoms with Gasteiger partial charge >= 0.3 is 0 Å². The van der Waals surface area contributed by atoms with E-state index in [-0.39, 0.29) is 24.1 Å². The molecule has 2 aliphatic rings. The lowest BCUT2D eigenvalue weighted by molar-refractivity contribution is 0.0927. The van der Waals surface area contributed by atoms with Crippen LogP contribution in [0.1, 0.15) is 85.7 Å². The van der Waals surface area contributed by atoms with Gasteiger partial charge in [-0.1, -0.05) is 43.5 Å². The highest BCUT2D eigenvalue weighted by atomic mass is 35.5. The number of carbonyl (C=O) groups excluding carboxylic acids is 2. The molecule has 1 saturated carbocycles. The Morgan fingerprint density at radius 2 is 2.06 bits per heavy atom. The smallest absolute Gasteiger partial charge is 0.184 e. The van der Waals surface area contributed by atoms with Gasteiger partial charge in [0.25, 0.3) is 0 Å². The summed E-state index contributed by atoms with van der Waals surface area (Å²) in [5.41, 5.74) is 1.79. The molecule has 0 amide bonds. The molecule has 2 aromatic rings. The standard InChI is InChI=1S/C28H32ClN3O3/c1-5-21-20(14-18-9-8-10-19(29)13-18)25(34)23-26(35-17(2)3)24(32(4)27(23)31-21)22(33)15-28(16-30)11-6-7-12-28/h8-10,13,17,20H,5-7,11-12,14-15H2,1-4H3. The largest absolute Gasteiger partial charge is 0.488 e. The van der Waals surface area contributed by atoms with Crippen molar-refractivity contribution >= 4 is 34.7 Å². The van der Waals surface area contributed by atoms with Crippen LogP contribution in [0.15, 0.2) is 29.3 Å². The third-order valence-corrected chi connectivity index (χ3v) is 7.37.